The summed E-state index contributed by atoms with van der Waals surface area (Å²) in [7, 11) is 2.01. The highest BCUT2D eigenvalue weighted by atomic mass is 16.5. The number of rotatable bonds is 2. The average Bonchev–Trinajstić information content (AvgIpc) is 2.98. The Morgan fingerprint density at radius 3 is 2.40 bits per heavy atom. The molecule has 0 atom stereocenters. The summed E-state index contributed by atoms with van der Waals surface area (Å²) >= 11 is 0. The SMILES string of the molecule is Cn1nc(CN2CCOCC2)c2c1CCN(C(=O)N1CCOCC1)C2. The minimum atomic E-state index is 0.134. The Hall–Kier alpha value is -1.64. The zero-order valence-electron chi connectivity index (χ0n) is 14.9. The van der Waals surface area contributed by atoms with E-state index in [-0.39, 0.29) is 6.03 Å². The number of fused-ring (bicyclic) bond motifs is 1. The third-order valence-corrected chi connectivity index (χ3v) is 5.35. The lowest BCUT2D eigenvalue weighted by Gasteiger charge is -2.35. The van der Waals surface area contributed by atoms with Crippen molar-refractivity contribution in [3.8, 4) is 0 Å². The van der Waals surface area contributed by atoms with Crippen LogP contribution in [0.1, 0.15) is 17.0 Å². The Labute approximate surface area is 148 Å². The van der Waals surface area contributed by atoms with Crippen LogP contribution in [0.2, 0.25) is 0 Å². The van der Waals surface area contributed by atoms with Crippen molar-refractivity contribution in [3.63, 3.8) is 0 Å². The molecule has 1 aromatic heterocycles. The molecule has 0 aromatic carbocycles. The Balaban J connectivity index is 1.48. The normalized spacial score (nSPS) is 22.1. The maximum Gasteiger partial charge on any atom is 0.320 e. The summed E-state index contributed by atoms with van der Waals surface area (Å²) in [5.74, 6) is 0. The first-order valence-electron chi connectivity index (χ1n) is 9.17. The standard InChI is InChI=1S/C17H27N5O3/c1-19-16-2-3-22(17(23)21-6-10-25-11-7-21)12-14(16)15(18-19)13-20-4-8-24-9-5-20/h2-13H2,1H3. The van der Waals surface area contributed by atoms with Gasteiger partial charge in [0, 0.05) is 64.0 Å². The van der Waals surface area contributed by atoms with Gasteiger partial charge in [0.15, 0.2) is 0 Å². The summed E-state index contributed by atoms with van der Waals surface area (Å²) in [5, 5.41) is 4.76. The van der Waals surface area contributed by atoms with Gasteiger partial charge < -0.3 is 19.3 Å². The van der Waals surface area contributed by atoms with Crippen LogP contribution in [-0.2, 0) is 36.0 Å². The zero-order chi connectivity index (χ0) is 17.2. The van der Waals surface area contributed by atoms with Gasteiger partial charge in [0.05, 0.1) is 38.7 Å². The van der Waals surface area contributed by atoms with Gasteiger partial charge in [-0.1, -0.05) is 0 Å². The van der Waals surface area contributed by atoms with E-state index in [1.807, 2.05) is 21.5 Å². The molecule has 25 heavy (non-hydrogen) atoms. The number of hydrogen-bond donors (Lipinski definition) is 0. The third-order valence-electron chi connectivity index (χ3n) is 5.35. The molecule has 0 N–H and O–H groups in total. The molecule has 8 heteroatoms. The number of nitrogens with zero attached hydrogens (tertiary/aromatic N) is 5. The van der Waals surface area contributed by atoms with Crippen LogP contribution in [0.4, 0.5) is 4.79 Å². The number of aryl methyl sites for hydroxylation is 1. The van der Waals surface area contributed by atoms with E-state index in [0.29, 0.717) is 32.8 Å². The van der Waals surface area contributed by atoms with E-state index in [1.54, 1.807) is 0 Å². The van der Waals surface area contributed by atoms with Gasteiger partial charge in [-0.15, -0.1) is 0 Å². The first-order chi connectivity index (χ1) is 12.2. The molecule has 3 aliphatic rings. The number of hydrogen-bond acceptors (Lipinski definition) is 5. The van der Waals surface area contributed by atoms with Crippen molar-refractivity contribution in [1.82, 2.24) is 24.5 Å². The molecule has 1 aromatic rings. The minimum Gasteiger partial charge on any atom is -0.379 e. The van der Waals surface area contributed by atoms with Crippen LogP contribution in [0.15, 0.2) is 0 Å². The molecule has 4 rings (SSSR count). The summed E-state index contributed by atoms with van der Waals surface area (Å²) in [5.41, 5.74) is 3.62. The second-order valence-electron chi connectivity index (χ2n) is 6.94. The molecule has 2 fully saturated rings. The molecule has 0 bridgehead atoms. The number of urea groups is 1. The van der Waals surface area contributed by atoms with Gasteiger partial charge in [0.2, 0.25) is 0 Å². The summed E-state index contributed by atoms with van der Waals surface area (Å²) in [6, 6.07) is 0.134. The highest BCUT2D eigenvalue weighted by Gasteiger charge is 2.30. The van der Waals surface area contributed by atoms with Crippen LogP contribution in [0, 0.1) is 0 Å². The van der Waals surface area contributed by atoms with Crippen molar-refractivity contribution >= 4 is 6.03 Å². The first kappa shape index (κ1) is 16.8. The van der Waals surface area contributed by atoms with Crippen molar-refractivity contribution in [2.75, 3.05) is 59.2 Å². The number of ether oxygens (including phenoxy) is 2. The lowest BCUT2D eigenvalue weighted by Crippen LogP contribution is -2.49. The van der Waals surface area contributed by atoms with E-state index in [1.165, 1.54) is 11.3 Å². The summed E-state index contributed by atoms with van der Waals surface area (Å²) in [4.78, 5) is 19.1. The van der Waals surface area contributed by atoms with Crippen LogP contribution in [0.5, 0.6) is 0 Å². The van der Waals surface area contributed by atoms with E-state index in [4.69, 9.17) is 14.6 Å². The Kier molecular flexibility index (Phi) is 4.91. The number of carbonyl (C=O) groups is 1. The van der Waals surface area contributed by atoms with Crippen molar-refractivity contribution in [1.29, 1.82) is 0 Å². The fourth-order valence-electron chi connectivity index (χ4n) is 3.89. The maximum absolute atomic E-state index is 12.8. The van der Waals surface area contributed by atoms with Crippen LogP contribution < -0.4 is 0 Å². The number of carbonyl (C=O) groups excluding carboxylic acids is 1. The predicted molar refractivity (Wildman–Crippen MR) is 91.2 cm³/mol. The Bertz CT molecular complexity index is 620. The monoisotopic (exact) mass is 349 g/mol. The van der Waals surface area contributed by atoms with Gasteiger partial charge in [0.25, 0.3) is 0 Å². The molecule has 138 valence electrons. The molecule has 4 heterocycles. The van der Waals surface area contributed by atoms with Crippen LogP contribution >= 0.6 is 0 Å². The highest BCUT2D eigenvalue weighted by Crippen LogP contribution is 2.24. The minimum absolute atomic E-state index is 0.134. The van der Waals surface area contributed by atoms with Crippen molar-refractivity contribution in [2.45, 2.75) is 19.5 Å². The van der Waals surface area contributed by atoms with Crippen molar-refractivity contribution in [3.05, 3.63) is 17.0 Å². The average molecular weight is 349 g/mol. The van der Waals surface area contributed by atoms with Crippen LogP contribution in [-0.4, -0.2) is 89.7 Å². The van der Waals surface area contributed by atoms with Gasteiger partial charge in [-0.25, -0.2) is 4.79 Å². The largest absolute Gasteiger partial charge is 0.379 e. The molecule has 0 spiro atoms. The van der Waals surface area contributed by atoms with E-state index in [9.17, 15) is 4.79 Å². The van der Waals surface area contributed by atoms with Crippen molar-refractivity contribution < 1.29 is 14.3 Å². The lowest BCUT2D eigenvalue weighted by molar-refractivity contribution is 0.0332. The maximum atomic E-state index is 12.8. The number of morpholine rings is 2. The molecular weight excluding hydrogens is 322 g/mol. The summed E-state index contributed by atoms with van der Waals surface area (Å²) < 4.78 is 12.8. The molecule has 0 radical (unpaired) electrons. The zero-order valence-corrected chi connectivity index (χ0v) is 14.9. The third kappa shape index (κ3) is 3.51. The van der Waals surface area contributed by atoms with Gasteiger partial charge in [-0.2, -0.15) is 5.10 Å². The number of aromatic nitrogens is 2. The summed E-state index contributed by atoms with van der Waals surface area (Å²) in [6.45, 7) is 8.40. The second kappa shape index (κ2) is 7.31. The molecule has 0 saturated carbocycles. The predicted octanol–water partition coefficient (Wildman–Crippen LogP) is 0.0626. The van der Waals surface area contributed by atoms with Gasteiger partial charge in [-0.05, 0) is 0 Å². The summed E-state index contributed by atoms with van der Waals surface area (Å²) in [6.07, 6.45) is 0.873. The molecule has 0 unspecified atom stereocenters. The smallest absolute Gasteiger partial charge is 0.320 e. The lowest BCUT2D eigenvalue weighted by atomic mass is 10.0. The van der Waals surface area contributed by atoms with E-state index in [0.717, 1.165) is 51.5 Å². The molecule has 8 nitrogen and oxygen atoms in total. The first-order valence-corrected chi connectivity index (χ1v) is 9.17. The van der Waals surface area contributed by atoms with Gasteiger partial charge >= 0.3 is 6.03 Å². The quantitative estimate of drug-likeness (QED) is 0.756. The van der Waals surface area contributed by atoms with Gasteiger partial charge in [0.1, 0.15) is 0 Å². The Morgan fingerprint density at radius 1 is 1.00 bits per heavy atom. The molecule has 0 aliphatic carbocycles. The van der Waals surface area contributed by atoms with Crippen LogP contribution in [0.3, 0.4) is 0 Å². The fraction of sp³-hybridized carbons (Fsp3) is 0.765. The fourth-order valence-corrected chi connectivity index (χ4v) is 3.89. The molecular formula is C17H27N5O3. The Morgan fingerprint density at radius 2 is 1.68 bits per heavy atom. The topological polar surface area (TPSA) is 63.1 Å². The van der Waals surface area contributed by atoms with E-state index < -0.39 is 0 Å². The van der Waals surface area contributed by atoms with Gasteiger partial charge in [-0.3, -0.25) is 9.58 Å². The number of amides is 2. The van der Waals surface area contributed by atoms with Crippen molar-refractivity contribution in [2.24, 2.45) is 7.05 Å². The molecule has 3 aliphatic heterocycles. The highest BCUT2D eigenvalue weighted by molar-refractivity contribution is 5.75. The molecule has 2 saturated heterocycles. The second-order valence-corrected chi connectivity index (χ2v) is 6.94. The van der Waals surface area contributed by atoms with E-state index >= 15 is 0 Å². The molecule has 2 amide bonds. The van der Waals surface area contributed by atoms with Crippen LogP contribution in [0.25, 0.3) is 0 Å². The van der Waals surface area contributed by atoms with E-state index in [2.05, 4.69) is 4.90 Å².